The van der Waals surface area contributed by atoms with Crippen LogP contribution >= 0.6 is 0 Å². The number of carbonyl (C=O) groups excluding carboxylic acids is 1. The van der Waals surface area contributed by atoms with Gasteiger partial charge in [-0.05, 0) is 18.6 Å². The molecule has 0 radical (unpaired) electrons. The second-order valence-corrected chi connectivity index (χ2v) is 9.07. The Hall–Kier alpha value is -3.49. The molecule has 1 fully saturated rings. The van der Waals surface area contributed by atoms with Crippen molar-refractivity contribution in [3.63, 3.8) is 0 Å². The largest absolute Gasteiger partial charge is 0.368 e. The zero-order chi connectivity index (χ0) is 23.0. The number of carbonyl (C=O) groups is 1. The van der Waals surface area contributed by atoms with Crippen LogP contribution in [0.5, 0.6) is 0 Å². The molecule has 1 saturated heterocycles. The summed E-state index contributed by atoms with van der Waals surface area (Å²) in [5, 5.41) is 15.6. The third-order valence-corrected chi connectivity index (χ3v) is 5.91. The van der Waals surface area contributed by atoms with Gasteiger partial charge in [-0.3, -0.25) is 14.9 Å². The smallest absolute Gasteiger partial charge is 0.269 e. The van der Waals surface area contributed by atoms with Crippen LogP contribution in [-0.2, 0) is 11.8 Å². The minimum Gasteiger partial charge on any atom is -0.368 e. The molecular weight excluding hydrogens is 408 g/mol. The van der Waals surface area contributed by atoms with E-state index in [-0.39, 0.29) is 17.0 Å². The summed E-state index contributed by atoms with van der Waals surface area (Å²) in [5.41, 5.74) is 4.06. The highest BCUT2D eigenvalue weighted by molar-refractivity contribution is 5.95. The van der Waals surface area contributed by atoms with Gasteiger partial charge in [-0.2, -0.15) is 5.10 Å². The number of aryl methyl sites for hydroxylation is 1. The number of benzene rings is 1. The van der Waals surface area contributed by atoms with E-state index in [0.29, 0.717) is 38.2 Å². The van der Waals surface area contributed by atoms with Crippen LogP contribution in [-0.4, -0.2) is 56.5 Å². The summed E-state index contributed by atoms with van der Waals surface area (Å²) < 4.78 is 1.81. The quantitative estimate of drug-likeness (QED) is 0.459. The molecule has 1 amide bonds. The molecule has 0 saturated carbocycles. The Balaban J connectivity index is 1.52. The lowest BCUT2D eigenvalue weighted by atomic mass is 9.93. The predicted molar refractivity (Wildman–Crippen MR) is 122 cm³/mol. The van der Waals surface area contributed by atoms with Crippen LogP contribution in [0.3, 0.4) is 0 Å². The Morgan fingerprint density at radius 1 is 1.12 bits per heavy atom. The van der Waals surface area contributed by atoms with Crippen molar-refractivity contribution < 1.29 is 9.72 Å². The molecule has 168 valence electrons. The van der Waals surface area contributed by atoms with E-state index in [4.69, 9.17) is 5.10 Å². The van der Waals surface area contributed by atoms with Gasteiger partial charge in [-0.15, -0.1) is 0 Å². The molecule has 3 heterocycles. The molecule has 1 aromatic carbocycles. The average Bonchev–Trinajstić information content (AvgIpc) is 3.23. The fraction of sp³-hybridized carbons (Fsp3) is 0.435. The lowest BCUT2D eigenvalue weighted by Crippen LogP contribution is -2.49. The molecular formula is C23H28N6O3. The van der Waals surface area contributed by atoms with Gasteiger partial charge in [0.1, 0.15) is 0 Å². The maximum absolute atomic E-state index is 13.3. The maximum Gasteiger partial charge on any atom is 0.269 e. The molecule has 9 heteroatoms. The van der Waals surface area contributed by atoms with Crippen molar-refractivity contribution in [1.82, 2.24) is 19.5 Å². The number of hydrogen-bond acceptors (Lipinski definition) is 6. The fourth-order valence-corrected chi connectivity index (χ4v) is 3.99. The maximum atomic E-state index is 13.3. The van der Waals surface area contributed by atoms with Gasteiger partial charge in [0.05, 0.1) is 21.9 Å². The molecule has 1 aliphatic heterocycles. The molecule has 9 nitrogen and oxygen atoms in total. The molecule has 0 atom stereocenters. The summed E-state index contributed by atoms with van der Waals surface area (Å²) in [6.45, 7) is 10.8. The van der Waals surface area contributed by atoms with E-state index >= 15 is 0 Å². The molecule has 0 spiro atoms. The van der Waals surface area contributed by atoms with Gasteiger partial charge in [-0.25, -0.2) is 9.50 Å². The zero-order valence-corrected chi connectivity index (χ0v) is 18.9. The fourth-order valence-electron chi connectivity index (χ4n) is 3.99. The summed E-state index contributed by atoms with van der Waals surface area (Å²) >= 11 is 0. The highest BCUT2D eigenvalue weighted by atomic mass is 16.6. The van der Waals surface area contributed by atoms with Crippen molar-refractivity contribution in [2.24, 2.45) is 0 Å². The number of amides is 1. The van der Waals surface area contributed by atoms with Crippen molar-refractivity contribution in [1.29, 1.82) is 0 Å². The van der Waals surface area contributed by atoms with Gasteiger partial charge in [-0.1, -0.05) is 27.7 Å². The second kappa shape index (κ2) is 8.22. The summed E-state index contributed by atoms with van der Waals surface area (Å²) in [5.74, 6) is -0.0348. The molecule has 0 bridgehead atoms. The first-order chi connectivity index (χ1) is 15.2. The Bertz CT molecular complexity index is 1150. The summed E-state index contributed by atoms with van der Waals surface area (Å²) in [6.07, 6.45) is 2.35. The first kappa shape index (κ1) is 21.7. The van der Waals surface area contributed by atoms with E-state index in [1.54, 1.807) is 22.8 Å². The average molecular weight is 437 g/mol. The van der Waals surface area contributed by atoms with Gasteiger partial charge < -0.3 is 9.80 Å². The first-order valence-corrected chi connectivity index (χ1v) is 10.9. The highest BCUT2D eigenvalue weighted by Gasteiger charge is 2.26. The topological polar surface area (TPSA) is 96.9 Å². The molecule has 1 aliphatic rings. The van der Waals surface area contributed by atoms with Crippen LogP contribution in [0.15, 0.2) is 36.5 Å². The highest BCUT2D eigenvalue weighted by Crippen LogP contribution is 2.24. The Labute approximate surface area is 186 Å². The molecule has 3 aromatic rings. The van der Waals surface area contributed by atoms with E-state index in [1.807, 2.05) is 17.9 Å². The minimum absolute atomic E-state index is 0.0348. The normalized spacial score (nSPS) is 14.8. The van der Waals surface area contributed by atoms with Gasteiger partial charge in [0.2, 0.25) is 0 Å². The Morgan fingerprint density at radius 3 is 2.34 bits per heavy atom. The molecule has 32 heavy (non-hydrogen) atoms. The van der Waals surface area contributed by atoms with Crippen LogP contribution < -0.4 is 4.90 Å². The lowest BCUT2D eigenvalue weighted by Gasteiger charge is -2.36. The van der Waals surface area contributed by atoms with Crippen LogP contribution in [0, 0.1) is 10.1 Å². The van der Waals surface area contributed by atoms with Crippen LogP contribution in [0.25, 0.3) is 5.65 Å². The van der Waals surface area contributed by atoms with E-state index in [0.717, 1.165) is 22.7 Å². The Kier molecular flexibility index (Phi) is 5.58. The van der Waals surface area contributed by atoms with Gasteiger partial charge >= 0.3 is 0 Å². The number of aromatic nitrogens is 3. The minimum atomic E-state index is -0.402. The summed E-state index contributed by atoms with van der Waals surface area (Å²) in [4.78, 5) is 32.3. The van der Waals surface area contributed by atoms with Crippen molar-refractivity contribution in [2.45, 2.75) is 39.5 Å². The number of nitrogens with zero attached hydrogens (tertiary/aromatic N) is 6. The molecule has 2 aromatic heterocycles. The van der Waals surface area contributed by atoms with Crippen molar-refractivity contribution in [2.75, 3.05) is 31.1 Å². The number of piperazine rings is 1. The van der Waals surface area contributed by atoms with Crippen molar-refractivity contribution in [3.8, 4) is 0 Å². The predicted octanol–water partition coefficient (Wildman–Crippen LogP) is 3.46. The van der Waals surface area contributed by atoms with E-state index < -0.39 is 4.92 Å². The van der Waals surface area contributed by atoms with Crippen LogP contribution in [0.4, 0.5) is 11.4 Å². The molecule has 0 N–H and O–H groups in total. The number of nitro benzene ring substituents is 1. The first-order valence-electron chi connectivity index (χ1n) is 10.9. The Morgan fingerprint density at radius 2 is 1.78 bits per heavy atom. The number of nitro groups is 1. The number of non-ortho nitro benzene ring substituents is 1. The third kappa shape index (κ3) is 4.02. The standard InChI is InChI=1S/C23H28N6O3/c1-5-19-18(15-24-21-14-20(23(2,3)4)25-28(19)21)22(30)27-12-10-26(11-13-27)16-6-8-17(9-7-16)29(31)32/h6-9,14-15H,5,10-13H2,1-4H3. The van der Waals surface area contributed by atoms with E-state index in [9.17, 15) is 14.9 Å². The number of anilines is 1. The van der Waals surface area contributed by atoms with Gasteiger partial charge in [0.15, 0.2) is 5.65 Å². The van der Waals surface area contributed by atoms with Gasteiger partial charge in [0, 0.05) is 61.7 Å². The molecule has 0 aliphatic carbocycles. The number of hydrogen-bond donors (Lipinski definition) is 0. The molecule has 4 rings (SSSR count). The number of fused-ring (bicyclic) bond motifs is 1. The second-order valence-electron chi connectivity index (χ2n) is 9.07. The number of rotatable bonds is 4. The molecule has 0 unspecified atom stereocenters. The van der Waals surface area contributed by atoms with E-state index in [1.165, 1.54) is 12.1 Å². The van der Waals surface area contributed by atoms with Gasteiger partial charge in [0.25, 0.3) is 11.6 Å². The third-order valence-electron chi connectivity index (χ3n) is 5.91. The van der Waals surface area contributed by atoms with E-state index in [2.05, 4.69) is 30.7 Å². The van der Waals surface area contributed by atoms with Crippen molar-refractivity contribution >= 4 is 22.9 Å². The van der Waals surface area contributed by atoms with Crippen LogP contribution in [0.2, 0.25) is 0 Å². The SMILES string of the molecule is CCc1c(C(=O)N2CCN(c3ccc([N+](=O)[O-])cc3)CC2)cnc2cc(C(C)(C)C)nn12. The van der Waals surface area contributed by atoms with Crippen LogP contribution in [0.1, 0.15) is 49.4 Å². The lowest BCUT2D eigenvalue weighted by molar-refractivity contribution is -0.384. The van der Waals surface area contributed by atoms with Crippen molar-refractivity contribution in [3.05, 3.63) is 63.6 Å². The monoisotopic (exact) mass is 436 g/mol. The summed E-state index contributed by atoms with van der Waals surface area (Å²) in [7, 11) is 0. The zero-order valence-electron chi connectivity index (χ0n) is 18.9. The summed E-state index contributed by atoms with van der Waals surface area (Å²) in [6, 6.07) is 8.52.